The number of carbonyl (C=O) groups is 3. The van der Waals surface area contributed by atoms with Crippen LogP contribution in [-0.2, 0) is 42.5 Å². The molecule has 0 fully saturated rings. The summed E-state index contributed by atoms with van der Waals surface area (Å²) >= 11 is 3.50. The number of aryl methyl sites for hydroxylation is 1. The van der Waals surface area contributed by atoms with Crippen LogP contribution in [0, 0.1) is 11.6 Å². The van der Waals surface area contributed by atoms with E-state index in [1.165, 1.54) is 31.2 Å². The Labute approximate surface area is 357 Å². The van der Waals surface area contributed by atoms with Gasteiger partial charge in [0, 0.05) is 71.0 Å². The number of fused-ring (bicyclic) bond motifs is 4. The summed E-state index contributed by atoms with van der Waals surface area (Å²) in [7, 11) is 1.67. The number of aromatic nitrogens is 4. The molecule has 0 aliphatic carbocycles. The van der Waals surface area contributed by atoms with Crippen molar-refractivity contribution in [1.82, 2.24) is 28.9 Å². The fourth-order valence-electron chi connectivity index (χ4n) is 7.89. The van der Waals surface area contributed by atoms with E-state index in [2.05, 4.69) is 36.0 Å². The lowest BCUT2D eigenvalue weighted by atomic mass is 10.1. The second-order valence-electron chi connectivity index (χ2n) is 14.5. The summed E-state index contributed by atoms with van der Waals surface area (Å²) in [6.45, 7) is 6.12. The number of hydrogen-bond acceptors (Lipinski definition) is 10. The van der Waals surface area contributed by atoms with Gasteiger partial charge in [0.05, 0.1) is 10.8 Å². The number of alkyl halides is 1. The number of halogens is 3. The van der Waals surface area contributed by atoms with Crippen LogP contribution >= 0.6 is 15.9 Å². The topological polar surface area (TPSA) is 174 Å². The molecular formula is C44H44BrF2N9O5. The van der Waals surface area contributed by atoms with Gasteiger partial charge in [-0.2, -0.15) is 5.10 Å². The Bertz CT molecular complexity index is 2810. The molecule has 3 N–H and O–H groups in total. The Morgan fingerprint density at radius 2 is 1.30 bits per heavy atom. The van der Waals surface area contributed by atoms with E-state index >= 15 is 0 Å². The summed E-state index contributed by atoms with van der Waals surface area (Å²) in [5.74, 6) is 4.01. The number of esters is 1. The van der Waals surface area contributed by atoms with Gasteiger partial charge in [0.15, 0.2) is 28.4 Å². The molecule has 0 saturated carbocycles. The zero-order valence-electron chi connectivity index (χ0n) is 33.9. The van der Waals surface area contributed by atoms with Gasteiger partial charge >= 0.3 is 5.97 Å². The number of nitrogens with zero attached hydrogens (tertiary/aromatic N) is 8. The maximum Gasteiger partial charge on any atom is 0.308 e. The van der Waals surface area contributed by atoms with E-state index < -0.39 is 5.97 Å². The van der Waals surface area contributed by atoms with Gasteiger partial charge in [-0.25, -0.2) is 8.78 Å². The van der Waals surface area contributed by atoms with Crippen molar-refractivity contribution in [3.05, 3.63) is 129 Å². The van der Waals surface area contributed by atoms with E-state index in [0.29, 0.717) is 84.8 Å². The molecule has 0 atom stereocenters. The molecule has 2 aliphatic rings. The largest absolute Gasteiger partial charge is 0.504 e. The fourth-order valence-corrected chi connectivity index (χ4v) is 8.36. The summed E-state index contributed by atoms with van der Waals surface area (Å²) in [6.07, 6.45) is 5.13. The van der Waals surface area contributed by atoms with Crippen molar-refractivity contribution in [3.8, 4) is 11.5 Å². The van der Waals surface area contributed by atoms with Crippen molar-refractivity contribution >= 4 is 55.5 Å². The number of ether oxygens (including phenoxy) is 1. The molecule has 316 valence electrons. The first-order chi connectivity index (χ1) is 29.5. The third-order valence-electron chi connectivity index (χ3n) is 10.9. The minimum atomic E-state index is -0.530. The minimum Gasteiger partial charge on any atom is -0.504 e. The molecule has 17 heteroatoms. The average Bonchev–Trinajstić information content (AvgIpc) is 3.26. The van der Waals surface area contributed by atoms with Gasteiger partial charge < -0.3 is 34.6 Å². The van der Waals surface area contributed by atoms with Crippen molar-refractivity contribution in [1.29, 1.82) is 0 Å². The molecule has 0 unspecified atom stereocenters. The van der Waals surface area contributed by atoms with Gasteiger partial charge in [0.2, 0.25) is 0 Å². The Kier molecular flexibility index (Phi) is 12.9. The molecule has 0 bridgehead atoms. The van der Waals surface area contributed by atoms with Gasteiger partial charge in [-0.3, -0.25) is 29.3 Å². The summed E-state index contributed by atoms with van der Waals surface area (Å²) in [6, 6.07) is 16.2. The standard InChI is InChI=1S/C23H22BrFN4O3.C21H22FN5O2/c1-14(30)32-21-19-18(16(13-24)7-9-27-19)22(26-2)29-12-11-28(23(31)20(21)29)10-8-15-3-5-17(25)6-4-15;1-2-14-7-9-24-17-16(14)20(25-23)27-12-11-26(21(29)18(27)19(17)28)10-8-13-3-5-15(22)6-4-13/h3-7,9H,8,10-13H2,1-2H3;3-7,9,28H,2,8,10-12,23H2,1H3/b;25-20-. The quantitative estimate of drug-likeness (QED) is 0.0869. The molecule has 2 aliphatic heterocycles. The highest BCUT2D eigenvalue weighted by molar-refractivity contribution is 9.08. The van der Waals surface area contributed by atoms with Crippen LogP contribution in [0.3, 0.4) is 0 Å². The predicted molar refractivity (Wildman–Crippen MR) is 228 cm³/mol. The number of amides is 2. The summed E-state index contributed by atoms with van der Waals surface area (Å²) < 4.78 is 35.3. The molecule has 8 rings (SSSR count). The first-order valence-corrected chi connectivity index (χ1v) is 20.9. The third-order valence-corrected chi connectivity index (χ3v) is 11.5. The molecule has 14 nitrogen and oxygen atoms in total. The van der Waals surface area contributed by atoms with Crippen LogP contribution in [0.5, 0.6) is 11.5 Å². The van der Waals surface area contributed by atoms with E-state index in [1.807, 2.05) is 23.6 Å². The number of benzene rings is 2. The van der Waals surface area contributed by atoms with Crippen LogP contribution in [0.4, 0.5) is 8.78 Å². The first-order valence-electron chi connectivity index (χ1n) is 19.8. The number of aromatic hydroxyl groups is 1. The molecule has 4 aromatic heterocycles. The van der Waals surface area contributed by atoms with Crippen LogP contribution in [0.25, 0.3) is 21.8 Å². The Morgan fingerprint density at radius 1 is 0.787 bits per heavy atom. The number of rotatable bonds is 9. The molecular weight excluding hydrogens is 852 g/mol. The van der Waals surface area contributed by atoms with Crippen LogP contribution < -0.4 is 21.6 Å². The maximum absolute atomic E-state index is 13.5. The van der Waals surface area contributed by atoms with Crippen LogP contribution in [-0.4, -0.2) is 85.0 Å². The van der Waals surface area contributed by atoms with Gasteiger partial charge in [-0.05, 0) is 77.9 Å². The van der Waals surface area contributed by atoms with Crippen molar-refractivity contribution in [2.45, 2.75) is 51.5 Å². The Hall–Kier alpha value is -6.49. The lowest BCUT2D eigenvalue weighted by molar-refractivity contribution is -0.131. The highest BCUT2D eigenvalue weighted by atomic mass is 79.9. The summed E-state index contributed by atoms with van der Waals surface area (Å²) in [4.78, 5) is 55.2. The van der Waals surface area contributed by atoms with Crippen molar-refractivity contribution in [2.75, 3.05) is 33.2 Å². The molecule has 6 heterocycles. The van der Waals surface area contributed by atoms with Crippen molar-refractivity contribution < 1.29 is 33.0 Å². The van der Waals surface area contributed by atoms with Crippen molar-refractivity contribution in [2.24, 2.45) is 15.9 Å². The smallest absolute Gasteiger partial charge is 0.308 e. The highest BCUT2D eigenvalue weighted by Gasteiger charge is 2.33. The van der Waals surface area contributed by atoms with Crippen molar-refractivity contribution in [3.63, 3.8) is 0 Å². The number of carbonyl (C=O) groups excluding carboxylic acids is 3. The zero-order valence-corrected chi connectivity index (χ0v) is 35.5. The predicted octanol–water partition coefficient (Wildman–Crippen LogP) is 5.14. The lowest BCUT2D eigenvalue weighted by Gasteiger charge is -2.31. The fraction of sp³-hybridized carbons (Fsp3) is 0.295. The van der Waals surface area contributed by atoms with Crippen LogP contribution in [0.2, 0.25) is 0 Å². The van der Waals surface area contributed by atoms with E-state index in [0.717, 1.165) is 34.1 Å². The molecule has 2 aromatic carbocycles. The third kappa shape index (κ3) is 8.46. The normalized spacial score (nSPS) is 14.3. The van der Waals surface area contributed by atoms with Crippen LogP contribution in [0.1, 0.15) is 57.1 Å². The number of hydrogen-bond donors (Lipinski definition) is 2. The SMILES string of the molecule is CCc1ccnc2c(O)c3n(/c(=N\N)c12)CCN(CCc1ccc(F)cc1)C3=O.CN=c1c2c(CBr)ccnc2c(OC(C)=O)c2n1CCN(CCc1ccc(F)cc1)C2=O. The summed E-state index contributed by atoms with van der Waals surface area (Å²) in [5, 5.41) is 16.8. The van der Waals surface area contributed by atoms with E-state index in [9.17, 15) is 28.3 Å². The second-order valence-corrected chi connectivity index (χ2v) is 15.0. The summed E-state index contributed by atoms with van der Waals surface area (Å²) in [5.41, 5.74) is 6.00. The van der Waals surface area contributed by atoms with Gasteiger partial charge in [0.25, 0.3) is 11.8 Å². The molecule has 0 saturated heterocycles. The highest BCUT2D eigenvalue weighted by Crippen LogP contribution is 2.32. The first kappa shape index (κ1) is 42.6. The zero-order chi connectivity index (χ0) is 43.4. The van der Waals surface area contributed by atoms with Crippen LogP contribution in [0.15, 0.2) is 83.2 Å². The molecule has 6 aromatic rings. The molecule has 0 spiro atoms. The van der Waals surface area contributed by atoms with Gasteiger partial charge in [0.1, 0.15) is 28.2 Å². The number of pyridine rings is 4. The second kappa shape index (κ2) is 18.4. The lowest BCUT2D eigenvalue weighted by Crippen LogP contribution is -2.46. The molecule has 2 amide bonds. The van der Waals surface area contributed by atoms with E-state index in [4.69, 9.17) is 10.6 Å². The average molecular weight is 897 g/mol. The maximum atomic E-state index is 13.5. The molecule has 61 heavy (non-hydrogen) atoms. The van der Waals surface area contributed by atoms with E-state index in [-0.39, 0.29) is 46.3 Å². The molecule has 0 radical (unpaired) electrons. The monoisotopic (exact) mass is 895 g/mol. The van der Waals surface area contributed by atoms with E-state index in [1.54, 1.807) is 58.1 Å². The van der Waals surface area contributed by atoms with Gasteiger partial charge in [-0.1, -0.05) is 47.1 Å². The Morgan fingerprint density at radius 3 is 1.80 bits per heavy atom. The van der Waals surface area contributed by atoms with Gasteiger partial charge in [-0.15, -0.1) is 0 Å². The number of nitrogens with two attached hydrogens (primary N) is 1. The Balaban J connectivity index is 0.000000185. The minimum absolute atomic E-state index is 0.146.